The number of amides is 1. The average Bonchev–Trinajstić information content (AvgIpc) is 2.18. The first-order valence-electron chi connectivity index (χ1n) is 4.24. The smallest absolute Gasteiger partial charge is 0.406 e. The molecule has 0 unspecified atom stereocenters. The molecule has 0 aromatic carbocycles. The van der Waals surface area contributed by atoms with Crippen LogP contribution in [0.25, 0.3) is 0 Å². The standard InChI is InChI=1S/C7H13NO7/c8-7(13)15-6-5(12)4(11)3(10)2(1-9)14-6/h2-6,9-12H,1H2,(H2,8,13)/t2-,3+,4+,5-,6+/m1/s1. The Morgan fingerprint density at radius 3 is 2.33 bits per heavy atom. The first-order chi connectivity index (χ1) is 6.97. The molecule has 0 saturated carbocycles. The highest BCUT2D eigenvalue weighted by molar-refractivity contribution is 5.64. The highest BCUT2D eigenvalue weighted by atomic mass is 16.7. The summed E-state index contributed by atoms with van der Waals surface area (Å²) in [6, 6.07) is 0. The summed E-state index contributed by atoms with van der Waals surface area (Å²) < 4.78 is 9.15. The Morgan fingerprint density at radius 1 is 1.27 bits per heavy atom. The van der Waals surface area contributed by atoms with Crippen LogP contribution in [0, 0.1) is 0 Å². The van der Waals surface area contributed by atoms with Crippen LogP contribution in [0.4, 0.5) is 4.79 Å². The number of nitrogens with two attached hydrogens (primary N) is 1. The molecule has 1 heterocycles. The summed E-state index contributed by atoms with van der Waals surface area (Å²) in [5.74, 6) is 0. The fourth-order valence-electron chi connectivity index (χ4n) is 1.28. The Morgan fingerprint density at radius 2 is 1.87 bits per heavy atom. The molecular formula is C7H13NO7. The fraction of sp³-hybridized carbons (Fsp3) is 0.857. The Hall–Kier alpha value is -0.930. The zero-order valence-corrected chi connectivity index (χ0v) is 7.68. The van der Waals surface area contributed by atoms with E-state index in [4.69, 9.17) is 15.6 Å². The summed E-state index contributed by atoms with van der Waals surface area (Å²) in [5.41, 5.74) is 4.69. The van der Waals surface area contributed by atoms with Gasteiger partial charge in [0.05, 0.1) is 6.61 Å². The van der Waals surface area contributed by atoms with Gasteiger partial charge in [-0.05, 0) is 0 Å². The Labute approximate surface area is 84.8 Å². The van der Waals surface area contributed by atoms with Gasteiger partial charge >= 0.3 is 6.09 Å². The van der Waals surface area contributed by atoms with Crippen molar-refractivity contribution in [2.75, 3.05) is 6.61 Å². The largest absolute Gasteiger partial charge is 0.417 e. The van der Waals surface area contributed by atoms with Crippen molar-refractivity contribution in [3.8, 4) is 0 Å². The topological polar surface area (TPSA) is 142 Å². The second-order valence-electron chi connectivity index (χ2n) is 3.13. The Balaban J connectivity index is 2.69. The monoisotopic (exact) mass is 223 g/mol. The molecule has 0 spiro atoms. The third-order valence-electron chi connectivity index (χ3n) is 2.08. The summed E-state index contributed by atoms with van der Waals surface area (Å²) in [6.07, 6.45) is -8.50. The molecule has 0 radical (unpaired) electrons. The molecule has 1 saturated heterocycles. The summed E-state index contributed by atoms with van der Waals surface area (Å²) in [7, 11) is 0. The lowest BCUT2D eigenvalue weighted by Crippen LogP contribution is -2.59. The number of carbonyl (C=O) groups is 1. The minimum Gasteiger partial charge on any atom is -0.417 e. The molecule has 1 amide bonds. The van der Waals surface area contributed by atoms with E-state index in [2.05, 4.69) is 4.74 Å². The van der Waals surface area contributed by atoms with Crippen molar-refractivity contribution in [1.29, 1.82) is 0 Å². The number of ether oxygens (including phenoxy) is 2. The summed E-state index contributed by atoms with van der Waals surface area (Å²) in [4.78, 5) is 10.4. The van der Waals surface area contributed by atoms with Crippen molar-refractivity contribution in [1.82, 2.24) is 0 Å². The van der Waals surface area contributed by atoms with Gasteiger partial charge in [-0.2, -0.15) is 0 Å². The van der Waals surface area contributed by atoms with Gasteiger partial charge in [0, 0.05) is 0 Å². The number of hydrogen-bond acceptors (Lipinski definition) is 7. The van der Waals surface area contributed by atoms with Crippen molar-refractivity contribution in [3.05, 3.63) is 0 Å². The summed E-state index contributed by atoms with van der Waals surface area (Å²) in [5, 5.41) is 36.7. The molecule has 5 atom stereocenters. The van der Waals surface area contributed by atoms with E-state index in [1.807, 2.05) is 0 Å². The van der Waals surface area contributed by atoms with Crippen molar-refractivity contribution in [3.63, 3.8) is 0 Å². The van der Waals surface area contributed by atoms with Gasteiger partial charge < -0.3 is 35.6 Å². The molecule has 0 bridgehead atoms. The maximum atomic E-state index is 10.4. The number of aliphatic hydroxyl groups excluding tert-OH is 4. The molecule has 8 heteroatoms. The van der Waals surface area contributed by atoms with Gasteiger partial charge in [-0.3, -0.25) is 0 Å². The highest BCUT2D eigenvalue weighted by Crippen LogP contribution is 2.21. The molecule has 0 aliphatic carbocycles. The SMILES string of the molecule is NC(=O)O[C@@H]1O[C@H](CO)[C@H](O)[C@H](O)[C@H]1O. The lowest BCUT2D eigenvalue weighted by Gasteiger charge is -2.38. The van der Waals surface area contributed by atoms with E-state index in [1.165, 1.54) is 0 Å². The molecule has 1 fully saturated rings. The lowest BCUT2D eigenvalue weighted by molar-refractivity contribution is -0.284. The van der Waals surface area contributed by atoms with Gasteiger partial charge in [-0.25, -0.2) is 4.79 Å². The molecule has 1 aliphatic heterocycles. The Bertz CT molecular complexity index is 233. The van der Waals surface area contributed by atoms with Gasteiger partial charge in [0.1, 0.15) is 24.4 Å². The van der Waals surface area contributed by atoms with Gasteiger partial charge in [0.25, 0.3) is 0 Å². The van der Waals surface area contributed by atoms with E-state index in [-0.39, 0.29) is 0 Å². The van der Waals surface area contributed by atoms with Crippen molar-refractivity contribution in [2.24, 2.45) is 5.73 Å². The first kappa shape index (κ1) is 12.1. The van der Waals surface area contributed by atoms with Crippen LogP contribution in [0.15, 0.2) is 0 Å². The van der Waals surface area contributed by atoms with Crippen LogP contribution in [-0.4, -0.2) is 63.8 Å². The normalized spacial score (nSPS) is 41.2. The third kappa shape index (κ3) is 2.55. The number of aliphatic hydroxyl groups is 4. The van der Waals surface area contributed by atoms with Gasteiger partial charge in [-0.1, -0.05) is 0 Å². The van der Waals surface area contributed by atoms with E-state index < -0.39 is 43.4 Å². The minimum absolute atomic E-state index is 0.594. The second kappa shape index (κ2) is 4.73. The summed E-state index contributed by atoms with van der Waals surface area (Å²) in [6.45, 7) is -0.594. The molecular weight excluding hydrogens is 210 g/mol. The van der Waals surface area contributed by atoms with Crippen LogP contribution in [-0.2, 0) is 9.47 Å². The highest BCUT2D eigenvalue weighted by Gasteiger charge is 2.45. The molecule has 0 aromatic rings. The van der Waals surface area contributed by atoms with Crippen molar-refractivity contribution >= 4 is 6.09 Å². The molecule has 1 rings (SSSR count). The van der Waals surface area contributed by atoms with E-state index in [0.717, 1.165) is 0 Å². The molecule has 8 nitrogen and oxygen atoms in total. The molecule has 1 aliphatic rings. The van der Waals surface area contributed by atoms with E-state index >= 15 is 0 Å². The first-order valence-corrected chi connectivity index (χ1v) is 4.24. The second-order valence-corrected chi connectivity index (χ2v) is 3.13. The zero-order valence-electron chi connectivity index (χ0n) is 7.68. The number of rotatable bonds is 2. The van der Waals surface area contributed by atoms with Crippen LogP contribution in [0.2, 0.25) is 0 Å². The predicted molar refractivity (Wildman–Crippen MR) is 44.4 cm³/mol. The van der Waals surface area contributed by atoms with E-state index in [0.29, 0.717) is 0 Å². The zero-order chi connectivity index (χ0) is 11.6. The van der Waals surface area contributed by atoms with Crippen molar-refractivity contribution in [2.45, 2.75) is 30.7 Å². The van der Waals surface area contributed by atoms with Gasteiger partial charge in [0.15, 0.2) is 0 Å². The quantitative estimate of drug-likeness (QED) is 0.333. The maximum Gasteiger partial charge on any atom is 0.406 e. The minimum atomic E-state index is -1.62. The number of hydrogen-bond donors (Lipinski definition) is 5. The van der Waals surface area contributed by atoms with Crippen LogP contribution < -0.4 is 5.73 Å². The van der Waals surface area contributed by atoms with Crippen LogP contribution >= 0.6 is 0 Å². The predicted octanol–water partition coefficient (Wildman–Crippen LogP) is -3.12. The molecule has 0 aromatic heterocycles. The van der Waals surface area contributed by atoms with Gasteiger partial charge in [0.2, 0.25) is 6.29 Å². The van der Waals surface area contributed by atoms with E-state index in [1.54, 1.807) is 0 Å². The van der Waals surface area contributed by atoms with Crippen molar-refractivity contribution < 1.29 is 34.7 Å². The van der Waals surface area contributed by atoms with Gasteiger partial charge in [-0.15, -0.1) is 0 Å². The van der Waals surface area contributed by atoms with Crippen LogP contribution in [0.5, 0.6) is 0 Å². The molecule has 6 N–H and O–H groups in total. The lowest BCUT2D eigenvalue weighted by atomic mass is 9.99. The van der Waals surface area contributed by atoms with Crippen LogP contribution in [0.3, 0.4) is 0 Å². The number of primary amides is 1. The third-order valence-corrected chi connectivity index (χ3v) is 2.08. The molecule has 88 valence electrons. The van der Waals surface area contributed by atoms with E-state index in [9.17, 15) is 20.1 Å². The van der Waals surface area contributed by atoms with Crippen LogP contribution in [0.1, 0.15) is 0 Å². The summed E-state index contributed by atoms with van der Waals surface area (Å²) >= 11 is 0. The Kier molecular flexibility index (Phi) is 3.83. The molecule has 15 heavy (non-hydrogen) atoms. The average molecular weight is 223 g/mol. The maximum absolute atomic E-state index is 10.4. The number of carbonyl (C=O) groups excluding carboxylic acids is 1. The fourth-order valence-corrected chi connectivity index (χ4v) is 1.28.